The van der Waals surface area contributed by atoms with Gasteiger partial charge in [0.1, 0.15) is 11.6 Å². The minimum Gasteiger partial charge on any atom is -0.348 e. The van der Waals surface area contributed by atoms with Crippen LogP contribution in [0, 0.1) is 11.6 Å². The Bertz CT molecular complexity index is 438. The standard InChI is InChI=1S/C12H14F2N2O/c1-7(16-11(17)12(15)5-6-12)10-8(13)3-2-4-9(10)14/h2-4,7H,5-6,15H2,1H3,(H,16,17). The van der Waals surface area contributed by atoms with Gasteiger partial charge in [-0.15, -0.1) is 0 Å². The Morgan fingerprint density at radius 1 is 1.41 bits per heavy atom. The summed E-state index contributed by atoms with van der Waals surface area (Å²) in [6.07, 6.45) is 1.23. The van der Waals surface area contributed by atoms with Gasteiger partial charge in [-0.2, -0.15) is 0 Å². The monoisotopic (exact) mass is 240 g/mol. The lowest BCUT2D eigenvalue weighted by molar-refractivity contribution is -0.123. The number of nitrogens with one attached hydrogen (secondary N) is 1. The molecule has 1 unspecified atom stereocenters. The van der Waals surface area contributed by atoms with Gasteiger partial charge >= 0.3 is 0 Å². The molecule has 3 nitrogen and oxygen atoms in total. The van der Waals surface area contributed by atoms with E-state index in [4.69, 9.17) is 5.73 Å². The van der Waals surface area contributed by atoms with E-state index in [1.54, 1.807) is 0 Å². The summed E-state index contributed by atoms with van der Waals surface area (Å²) in [6.45, 7) is 1.53. The molecule has 0 saturated heterocycles. The second-order valence-electron chi connectivity index (χ2n) is 4.49. The minimum absolute atomic E-state index is 0.134. The maximum atomic E-state index is 13.4. The topological polar surface area (TPSA) is 55.1 Å². The van der Waals surface area contributed by atoms with E-state index in [1.807, 2.05) is 0 Å². The van der Waals surface area contributed by atoms with Crippen molar-refractivity contribution in [1.29, 1.82) is 0 Å². The summed E-state index contributed by atoms with van der Waals surface area (Å²) in [7, 11) is 0. The van der Waals surface area contributed by atoms with E-state index in [2.05, 4.69) is 5.32 Å². The molecule has 5 heteroatoms. The smallest absolute Gasteiger partial charge is 0.240 e. The van der Waals surface area contributed by atoms with Gasteiger partial charge < -0.3 is 11.1 Å². The molecule has 0 aromatic heterocycles. The first-order valence-electron chi connectivity index (χ1n) is 5.48. The van der Waals surface area contributed by atoms with Crippen molar-refractivity contribution in [3.05, 3.63) is 35.4 Å². The van der Waals surface area contributed by atoms with Crippen LogP contribution in [0.1, 0.15) is 31.4 Å². The second kappa shape index (κ2) is 4.07. The summed E-state index contributed by atoms with van der Waals surface area (Å²) in [5.74, 6) is -1.69. The Hall–Kier alpha value is -1.49. The predicted octanol–water partition coefficient (Wildman–Crippen LogP) is 1.63. The molecule has 0 radical (unpaired) electrons. The summed E-state index contributed by atoms with van der Waals surface area (Å²) < 4.78 is 26.9. The van der Waals surface area contributed by atoms with Crippen molar-refractivity contribution < 1.29 is 13.6 Å². The van der Waals surface area contributed by atoms with Gasteiger partial charge in [0.05, 0.1) is 11.6 Å². The number of halogens is 2. The molecular weight excluding hydrogens is 226 g/mol. The number of carbonyl (C=O) groups excluding carboxylic acids is 1. The van der Waals surface area contributed by atoms with Crippen molar-refractivity contribution in [1.82, 2.24) is 5.32 Å². The van der Waals surface area contributed by atoms with E-state index in [0.717, 1.165) is 12.1 Å². The van der Waals surface area contributed by atoms with E-state index >= 15 is 0 Å². The molecule has 1 aromatic rings. The van der Waals surface area contributed by atoms with Crippen LogP contribution in [-0.2, 0) is 4.79 Å². The molecule has 0 bridgehead atoms. The second-order valence-corrected chi connectivity index (χ2v) is 4.49. The van der Waals surface area contributed by atoms with Gasteiger partial charge in [0, 0.05) is 5.56 Å². The maximum Gasteiger partial charge on any atom is 0.240 e. The van der Waals surface area contributed by atoms with Gasteiger partial charge in [0.25, 0.3) is 0 Å². The predicted molar refractivity (Wildman–Crippen MR) is 59.1 cm³/mol. The molecule has 1 fully saturated rings. The third kappa shape index (κ3) is 2.29. The van der Waals surface area contributed by atoms with Crippen LogP contribution in [0.2, 0.25) is 0 Å². The van der Waals surface area contributed by atoms with E-state index in [1.165, 1.54) is 13.0 Å². The Balaban J connectivity index is 2.14. The van der Waals surface area contributed by atoms with E-state index in [0.29, 0.717) is 12.8 Å². The van der Waals surface area contributed by atoms with E-state index < -0.39 is 23.2 Å². The Labute approximate surface area is 98.0 Å². The SMILES string of the molecule is CC(NC(=O)C1(N)CC1)c1c(F)cccc1F. The number of carbonyl (C=O) groups is 1. The molecule has 0 aliphatic heterocycles. The lowest BCUT2D eigenvalue weighted by Crippen LogP contribution is -2.43. The molecule has 2 rings (SSSR count). The first-order valence-corrected chi connectivity index (χ1v) is 5.48. The highest BCUT2D eigenvalue weighted by Crippen LogP contribution is 2.33. The number of rotatable bonds is 3. The summed E-state index contributed by atoms with van der Waals surface area (Å²) in [6, 6.07) is 2.88. The fourth-order valence-corrected chi connectivity index (χ4v) is 1.70. The fraction of sp³-hybridized carbons (Fsp3) is 0.417. The van der Waals surface area contributed by atoms with E-state index in [-0.39, 0.29) is 11.5 Å². The largest absolute Gasteiger partial charge is 0.348 e. The van der Waals surface area contributed by atoms with Crippen LogP contribution in [0.15, 0.2) is 18.2 Å². The van der Waals surface area contributed by atoms with Crippen LogP contribution < -0.4 is 11.1 Å². The average molecular weight is 240 g/mol. The Morgan fingerprint density at radius 2 is 1.94 bits per heavy atom. The number of hydrogen-bond acceptors (Lipinski definition) is 2. The zero-order valence-corrected chi connectivity index (χ0v) is 9.47. The first-order chi connectivity index (χ1) is 7.94. The lowest BCUT2D eigenvalue weighted by Gasteiger charge is -2.18. The minimum atomic E-state index is -0.837. The number of hydrogen-bond donors (Lipinski definition) is 2. The van der Waals surface area contributed by atoms with Gasteiger partial charge in [0.2, 0.25) is 5.91 Å². The molecular formula is C12H14F2N2O. The zero-order valence-electron chi connectivity index (χ0n) is 9.47. The van der Waals surface area contributed by atoms with Crippen molar-refractivity contribution in [2.45, 2.75) is 31.3 Å². The number of nitrogens with two attached hydrogens (primary N) is 1. The van der Waals surface area contributed by atoms with Crippen LogP contribution in [-0.4, -0.2) is 11.4 Å². The summed E-state index contributed by atoms with van der Waals surface area (Å²) in [4.78, 5) is 11.7. The van der Waals surface area contributed by atoms with Gasteiger partial charge in [-0.05, 0) is 31.9 Å². The number of amides is 1. The van der Waals surface area contributed by atoms with Crippen LogP contribution in [0.5, 0.6) is 0 Å². The molecule has 1 atom stereocenters. The van der Waals surface area contributed by atoms with Gasteiger partial charge in [-0.3, -0.25) is 4.79 Å². The van der Waals surface area contributed by atoms with Crippen LogP contribution >= 0.6 is 0 Å². The lowest BCUT2D eigenvalue weighted by atomic mass is 10.1. The van der Waals surface area contributed by atoms with E-state index in [9.17, 15) is 13.6 Å². The van der Waals surface area contributed by atoms with Crippen LogP contribution in [0.4, 0.5) is 8.78 Å². The number of benzene rings is 1. The Morgan fingerprint density at radius 3 is 2.41 bits per heavy atom. The molecule has 3 N–H and O–H groups in total. The first kappa shape index (κ1) is 12.0. The molecule has 0 heterocycles. The molecule has 1 aromatic carbocycles. The van der Waals surface area contributed by atoms with Crippen molar-refractivity contribution >= 4 is 5.91 Å². The van der Waals surface area contributed by atoms with Gasteiger partial charge in [0.15, 0.2) is 0 Å². The third-order valence-electron chi connectivity index (χ3n) is 3.02. The van der Waals surface area contributed by atoms with Crippen molar-refractivity contribution in [2.24, 2.45) is 5.73 Å². The van der Waals surface area contributed by atoms with Crippen molar-refractivity contribution in [2.75, 3.05) is 0 Å². The summed E-state index contributed by atoms with van der Waals surface area (Å²) >= 11 is 0. The molecule has 1 aliphatic rings. The fourth-order valence-electron chi connectivity index (χ4n) is 1.70. The highest BCUT2D eigenvalue weighted by Gasteiger charge is 2.46. The highest BCUT2D eigenvalue weighted by molar-refractivity contribution is 5.89. The Kier molecular flexibility index (Phi) is 2.87. The summed E-state index contributed by atoms with van der Waals surface area (Å²) in [5, 5.41) is 2.54. The summed E-state index contributed by atoms with van der Waals surface area (Å²) in [5.41, 5.74) is 4.72. The molecule has 1 amide bonds. The maximum absolute atomic E-state index is 13.4. The molecule has 92 valence electrons. The average Bonchev–Trinajstić information content (AvgIpc) is 2.97. The molecule has 17 heavy (non-hydrogen) atoms. The quantitative estimate of drug-likeness (QED) is 0.843. The third-order valence-corrected chi connectivity index (χ3v) is 3.02. The highest BCUT2D eigenvalue weighted by atomic mass is 19.1. The zero-order chi connectivity index (χ0) is 12.6. The molecule has 1 aliphatic carbocycles. The van der Waals surface area contributed by atoms with Crippen LogP contribution in [0.3, 0.4) is 0 Å². The van der Waals surface area contributed by atoms with Gasteiger partial charge in [-0.25, -0.2) is 8.78 Å². The van der Waals surface area contributed by atoms with Gasteiger partial charge in [-0.1, -0.05) is 6.07 Å². The van der Waals surface area contributed by atoms with Crippen molar-refractivity contribution in [3.8, 4) is 0 Å². The normalized spacial score (nSPS) is 18.6. The van der Waals surface area contributed by atoms with Crippen molar-refractivity contribution in [3.63, 3.8) is 0 Å². The van der Waals surface area contributed by atoms with Crippen LogP contribution in [0.25, 0.3) is 0 Å². The molecule has 1 saturated carbocycles. The molecule has 0 spiro atoms.